The van der Waals surface area contributed by atoms with Gasteiger partial charge in [0, 0.05) is 17.7 Å². The van der Waals surface area contributed by atoms with Gasteiger partial charge in [-0.25, -0.2) is 9.69 Å². The van der Waals surface area contributed by atoms with Crippen LogP contribution in [-0.2, 0) is 14.3 Å². The Morgan fingerprint density at radius 1 is 0.833 bits per heavy atom. The quantitative estimate of drug-likeness (QED) is 0.0934. The fraction of sp³-hybridized carbons (Fsp3) is 0.250. The van der Waals surface area contributed by atoms with Crippen molar-refractivity contribution in [3.8, 4) is 11.5 Å². The summed E-state index contributed by atoms with van der Waals surface area (Å²) in [6, 6.07) is 17.9. The van der Waals surface area contributed by atoms with E-state index in [1.807, 2.05) is 0 Å². The number of carbonyl (C=O) groups excluding carboxylic acids is 4. The Balaban J connectivity index is 0.978. The number of imide groups is 1. The van der Waals surface area contributed by atoms with E-state index in [1.165, 1.54) is 53.4 Å². The molecule has 6 atom stereocenters. The van der Waals surface area contributed by atoms with Crippen molar-refractivity contribution in [2.45, 2.75) is 6.42 Å². The van der Waals surface area contributed by atoms with Gasteiger partial charge in [-0.05, 0) is 84.7 Å². The summed E-state index contributed by atoms with van der Waals surface area (Å²) in [7, 11) is 0. The number of allylic oxidation sites excluding steroid dienone is 2. The van der Waals surface area contributed by atoms with E-state index < -0.39 is 23.3 Å². The first-order valence-electron chi connectivity index (χ1n) is 13.7. The van der Waals surface area contributed by atoms with Crippen molar-refractivity contribution in [1.29, 1.82) is 0 Å². The van der Waals surface area contributed by atoms with Gasteiger partial charge in [0.15, 0.2) is 12.4 Å². The predicted molar refractivity (Wildman–Crippen MR) is 148 cm³/mol. The summed E-state index contributed by atoms with van der Waals surface area (Å²) >= 11 is 0. The molecule has 2 saturated carbocycles. The van der Waals surface area contributed by atoms with Gasteiger partial charge >= 0.3 is 5.97 Å². The second kappa shape index (κ2) is 9.76. The summed E-state index contributed by atoms with van der Waals surface area (Å²) < 4.78 is 10.9. The summed E-state index contributed by atoms with van der Waals surface area (Å²) in [6.45, 7) is -0.505. The molecule has 10 heteroatoms. The number of nitro benzene ring substituents is 1. The molecule has 1 aliphatic heterocycles. The summed E-state index contributed by atoms with van der Waals surface area (Å²) in [4.78, 5) is 63.8. The minimum atomic E-state index is -0.747. The van der Waals surface area contributed by atoms with Crippen molar-refractivity contribution in [2.75, 3.05) is 11.5 Å². The van der Waals surface area contributed by atoms with E-state index in [0.29, 0.717) is 34.6 Å². The first kappa shape index (κ1) is 25.8. The van der Waals surface area contributed by atoms with Crippen molar-refractivity contribution >= 4 is 34.9 Å². The molecular formula is C32H24N2O8. The molecule has 42 heavy (non-hydrogen) atoms. The van der Waals surface area contributed by atoms with Crippen LogP contribution in [0.25, 0.3) is 0 Å². The molecular weight excluding hydrogens is 540 g/mol. The number of ketones is 1. The van der Waals surface area contributed by atoms with Crippen LogP contribution in [-0.4, -0.2) is 35.1 Å². The van der Waals surface area contributed by atoms with Crippen molar-refractivity contribution in [3.63, 3.8) is 0 Å². The number of Topliss-reactive ketones (excluding diaryl/α,β-unsaturated/α-hetero) is 1. The summed E-state index contributed by atoms with van der Waals surface area (Å²) in [5.74, 6) is -0.264. The molecule has 2 amide bonds. The van der Waals surface area contributed by atoms with Gasteiger partial charge in [-0.2, -0.15) is 0 Å². The highest BCUT2D eigenvalue weighted by molar-refractivity contribution is 6.23. The summed E-state index contributed by atoms with van der Waals surface area (Å²) in [6.07, 6.45) is 5.30. The molecule has 10 nitrogen and oxygen atoms in total. The maximum absolute atomic E-state index is 13.4. The lowest BCUT2D eigenvalue weighted by molar-refractivity contribution is -0.384. The lowest BCUT2D eigenvalue weighted by atomic mass is 9.63. The van der Waals surface area contributed by atoms with E-state index in [-0.39, 0.29) is 46.7 Å². The van der Waals surface area contributed by atoms with Crippen molar-refractivity contribution in [2.24, 2.45) is 35.5 Å². The van der Waals surface area contributed by atoms with Gasteiger partial charge in [-0.3, -0.25) is 24.5 Å². The Labute approximate surface area is 239 Å². The van der Waals surface area contributed by atoms with E-state index in [4.69, 9.17) is 9.47 Å². The highest BCUT2D eigenvalue weighted by atomic mass is 16.6. The largest absolute Gasteiger partial charge is 0.457 e. The number of hydrogen-bond donors (Lipinski definition) is 0. The average molecular weight is 565 g/mol. The minimum Gasteiger partial charge on any atom is -0.457 e. The number of nitrogens with zero attached hydrogens (tertiary/aromatic N) is 2. The molecule has 2 bridgehead atoms. The molecule has 0 radical (unpaired) electrons. The van der Waals surface area contributed by atoms with Crippen molar-refractivity contribution < 1.29 is 33.6 Å². The molecule has 0 unspecified atom stereocenters. The molecule has 8 rings (SSSR count). The third-order valence-electron chi connectivity index (χ3n) is 8.80. The van der Waals surface area contributed by atoms with Crippen molar-refractivity contribution in [3.05, 3.63) is 106 Å². The number of non-ortho nitro benzene ring substituents is 1. The number of rotatable bonds is 8. The first-order chi connectivity index (χ1) is 20.3. The highest BCUT2D eigenvalue weighted by Gasteiger charge is 2.67. The second-order valence-corrected chi connectivity index (χ2v) is 11.1. The van der Waals surface area contributed by atoms with E-state index in [0.717, 1.165) is 6.42 Å². The average Bonchev–Trinajstić information content (AvgIpc) is 3.79. The molecule has 3 fully saturated rings. The first-order valence-corrected chi connectivity index (χ1v) is 13.7. The zero-order chi connectivity index (χ0) is 29.1. The number of ether oxygens (including phenoxy) is 2. The fourth-order valence-electron chi connectivity index (χ4n) is 6.76. The standard InChI is InChI=1S/C32H24N2O8/c35-27(17-4-8-21(9-5-17)42-22-10-6-19(7-11-22)34(39)40)16-41-32(38)18-2-1-3-20(14-18)33-30(36)28-23-12-13-24(26-15-25(23)26)29(28)31(33)37/h1-14,23-26,28-29H,15-16H2/t23-,24-,25-,26+,28-,29+/m1/s1. The Kier molecular flexibility index (Phi) is 6.00. The number of nitro groups is 1. The predicted octanol–water partition coefficient (Wildman–Crippen LogP) is 4.98. The smallest absolute Gasteiger partial charge is 0.338 e. The molecule has 1 heterocycles. The van der Waals surface area contributed by atoms with E-state index in [1.54, 1.807) is 24.3 Å². The SMILES string of the molecule is O=C(COC(=O)c1cccc(N2C(=O)[C@@H]3[C@@H]4C=C[C@H]([C@@H]5C[C@H]45)[C@@H]3C2=O)c1)c1ccc(Oc2ccc([N+](=O)[O-])cc2)cc1. The normalized spacial score (nSPS) is 26.4. The Hall–Kier alpha value is -5.12. The number of hydrogen-bond acceptors (Lipinski definition) is 8. The van der Waals surface area contributed by atoms with E-state index >= 15 is 0 Å². The lowest BCUT2D eigenvalue weighted by Crippen LogP contribution is -2.40. The summed E-state index contributed by atoms with van der Waals surface area (Å²) in [5.41, 5.74) is 0.703. The monoisotopic (exact) mass is 564 g/mol. The maximum Gasteiger partial charge on any atom is 0.338 e. The van der Waals surface area contributed by atoms with Crippen LogP contribution in [0.2, 0.25) is 0 Å². The molecule has 0 aromatic heterocycles. The van der Waals surface area contributed by atoms with Crippen LogP contribution in [0.4, 0.5) is 11.4 Å². The van der Waals surface area contributed by atoms with Crippen LogP contribution in [0, 0.1) is 45.6 Å². The second-order valence-electron chi connectivity index (χ2n) is 11.1. The molecule has 0 N–H and O–H groups in total. The van der Waals surface area contributed by atoms with Crippen LogP contribution < -0.4 is 9.64 Å². The molecule has 4 aliphatic carbocycles. The number of esters is 1. The molecule has 210 valence electrons. The molecule has 3 aromatic rings. The minimum absolute atomic E-state index is 0.0549. The van der Waals surface area contributed by atoms with Crippen LogP contribution in [0.5, 0.6) is 11.5 Å². The molecule has 1 saturated heterocycles. The maximum atomic E-state index is 13.4. The third kappa shape index (κ3) is 4.27. The molecule has 0 spiro atoms. The van der Waals surface area contributed by atoms with Gasteiger partial charge in [0.05, 0.1) is 28.0 Å². The van der Waals surface area contributed by atoms with Gasteiger partial charge in [-0.15, -0.1) is 0 Å². The van der Waals surface area contributed by atoms with Gasteiger partial charge in [0.2, 0.25) is 11.8 Å². The van der Waals surface area contributed by atoms with E-state index in [2.05, 4.69) is 12.2 Å². The van der Waals surface area contributed by atoms with Gasteiger partial charge in [-0.1, -0.05) is 18.2 Å². The van der Waals surface area contributed by atoms with Crippen LogP contribution >= 0.6 is 0 Å². The van der Waals surface area contributed by atoms with Gasteiger partial charge in [0.25, 0.3) is 5.69 Å². The third-order valence-corrected chi connectivity index (χ3v) is 8.80. The molecule has 5 aliphatic rings. The number of carbonyl (C=O) groups is 4. The van der Waals surface area contributed by atoms with E-state index in [9.17, 15) is 29.3 Å². The van der Waals surface area contributed by atoms with Crippen molar-refractivity contribution in [1.82, 2.24) is 0 Å². The van der Waals surface area contributed by atoms with Gasteiger partial charge in [0.1, 0.15) is 11.5 Å². The zero-order valence-corrected chi connectivity index (χ0v) is 22.1. The molecule has 3 aromatic carbocycles. The zero-order valence-electron chi connectivity index (χ0n) is 22.1. The van der Waals surface area contributed by atoms with Crippen LogP contribution in [0.3, 0.4) is 0 Å². The lowest BCUT2D eigenvalue weighted by Gasteiger charge is -2.37. The number of benzene rings is 3. The highest BCUT2D eigenvalue weighted by Crippen LogP contribution is 2.65. The van der Waals surface area contributed by atoms with Gasteiger partial charge < -0.3 is 9.47 Å². The Bertz CT molecular complexity index is 1640. The topological polar surface area (TPSA) is 133 Å². The Morgan fingerprint density at radius 3 is 2.02 bits per heavy atom. The van der Waals surface area contributed by atoms with Crippen LogP contribution in [0.1, 0.15) is 27.1 Å². The number of amides is 2. The number of anilines is 1. The Morgan fingerprint density at radius 2 is 1.43 bits per heavy atom. The summed E-state index contributed by atoms with van der Waals surface area (Å²) in [5, 5.41) is 10.8. The van der Waals surface area contributed by atoms with Crippen LogP contribution in [0.15, 0.2) is 84.9 Å². The fourth-order valence-corrected chi connectivity index (χ4v) is 6.76.